The summed E-state index contributed by atoms with van der Waals surface area (Å²) < 4.78 is 5.35. The summed E-state index contributed by atoms with van der Waals surface area (Å²) in [5.41, 5.74) is 0. The van der Waals surface area contributed by atoms with Crippen molar-refractivity contribution >= 4 is 5.78 Å². The van der Waals surface area contributed by atoms with Crippen LogP contribution in [0.25, 0.3) is 0 Å². The molecular weight excluding hydrogens is 202 g/mol. The highest BCUT2D eigenvalue weighted by molar-refractivity contribution is 5.82. The van der Waals surface area contributed by atoms with E-state index in [1.54, 1.807) is 7.11 Å². The molecule has 0 aromatic carbocycles. The molecule has 0 amide bonds. The summed E-state index contributed by atoms with van der Waals surface area (Å²) in [5, 5.41) is 0. The van der Waals surface area contributed by atoms with Gasteiger partial charge in [0.05, 0.1) is 6.10 Å². The minimum Gasteiger partial charge on any atom is -0.381 e. The van der Waals surface area contributed by atoms with Crippen LogP contribution in [-0.4, -0.2) is 43.5 Å². The van der Waals surface area contributed by atoms with Gasteiger partial charge in [0.2, 0.25) is 0 Å². The SMILES string of the molecule is COC1CCN(CCC2CCCC2=O)CC1. The number of hydrogen-bond donors (Lipinski definition) is 0. The molecule has 1 saturated heterocycles. The van der Waals surface area contributed by atoms with Crippen LogP contribution in [-0.2, 0) is 9.53 Å². The van der Waals surface area contributed by atoms with Crippen molar-refractivity contribution in [1.29, 1.82) is 0 Å². The van der Waals surface area contributed by atoms with E-state index >= 15 is 0 Å². The topological polar surface area (TPSA) is 29.5 Å². The van der Waals surface area contributed by atoms with Crippen LogP contribution in [0.5, 0.6) is 0 Å². The molecule has 1 aliphatic carbocycles. The predicted molar refractivity (Wildman–Crippen MR) is 63.4 cm³/mol. The fraction of sp³-hybridized carbons (Fsp3) is 0.923. The Hall–Kier alpha value is -0.410. The van der Waals surface area contributed by atoms with E-state index in [0.717, 1.165) is 58.2 Å². The lowest BCUT2D eigenvalue weighted by atomic mass is 10.0. The Morgan fingerprint density at radius 3 is 2.62 bits per heavy atom. The zero-order valence-corrected chi connectivity index (χ0v) is 10.3. The van der Waals surface area contributed by atoms with Crippen LogP contribution in [0.3, 0.4) is 0 Å². The van der Waals surface area contributed by atoms with Crippen LogP contribution in [0.1, 0.15) is 38.5 Å². The minimum atomic E-state index is 0.375. The first-order valence-corrected chi connectivity index (χ1v) is 6.57. The van der Waals surface area contributed by atoms with E-state index in [4.69, 9.17) is 4.74 Å². The number of carbonyl (C=O) groups excluding carboxylic acids is 1. The summed E-state index contributed by atoms with van der Waals surface area (Å²) >= 11 is 0. The molecule has 3 heteroatoms. The second-order valence-corrected chi connectivity index (χ2v) is 5.12. The van der Waals surface area contributed by atoms with E-state index in [9.17, 15) is 4.79 Å². The standard InChI is InChI=1S/C13H23NO2/c1-16-12-6-9-14(10-7-12)8-5-11-3-2-4-13(11)15/h11-12H,2-10H2,1H3. The van der Waals surface area contributed by atoms with Gasteiger partial charge in [-0.05, 0) is 38.6 Å². The molecular formula is C13H23NO2. The molecule has 1 atom stereocenters. The van der Waals surface area contributed by atoms with E-state index in [0.29, 0.717) is 17.8 Å². The number of hydrogen-bond acceptors (Lipinski definition) is 3. The molecule has 0 radical (unpaired) electrons. The van der Waals surface area contributed by atoms with Crippen LogP contribution < -0.4 is 0 Å². The molecule has 1 aliphatic heterocycles. The van der Waals surface area contributed by atoms with Gasteiger partial charge >= 0.3 is 0 Å². The van der Waals surface area contributed by atoms with Gasteiger partial charge in [0.1, 0.15) is 5.78 Å². The highest BCUT2D eigenvalue weighted by atomic mass is 16.5. The number of likely N-dealkylation sites (tertiary alicyclic amines) is 1. The number of nitrogens with zero attached hydrogens (tertiary/aromatic N) is 1. The first kappa shape index (κ1) is 12.1. The van der Waals surface area contributed by atoms with E-state index in [1.165, 1.54) is 0 Å². The largest absolute Gasteiger partial charge is 0.381 e. The molecule has 2 aliphatic rings. The maximum atomic E-state index is 11.5. The first-order valence-electron chi connectivity index (χ1n) is 6.57. The van der Waals surface area contributed by atoms with Gasteiger partial charge in [-0.2, -0.15) is 0 Å². The lowest BCUT2D eigenvalue weighted by molar-refractivity contribution is -0.120. The molecule has 16 heavy (non-hydrogen) atoms. The Bertz CT molecular complexity index is 234. The molecule has 0 aromatic rings. The van der Waals surface area contributed by atoms with Crippen molar-refractivity contribution in [2.45, 2.75) is 44.6 Å². The number of Topliss-reactive ketones (excluding diaryl/α,β-unsaturated/α-hetero) is 1. The molecule has 0 aromatic heterocycles. The summed E-state index contributed by atoms with van der Waals surface area (Å²) in [7, 11) is 1.80. The molecule has 0 N–H and O–H groups in total. The number of ketones is 1. The van der Waals surface area contributed by atoms with Crippen molar-refractivity contribution in [3.63, 3.8) is 0 Å². The van der Waals surface area contributed by atoms with Crippen LogP contribution in [0, 0.1) is 5.92 Å². The molecule has 1 saturated carbocycles. The average Bonchev–Trinajstić information content (AvgIpc) is 2.73. The smallest absolute Gasteiger partial charge is 0.136 e. The lowest BCUT2D eigenvalue weighted by Gasteiger charge is -2.31. The monoisotopic (exact) mass is 225 g/mol. The third-order valence-corrected chi connectivity index (χ3v) is 4.09. The van der Waals surface area contributed by atoms with Crippen LogP contribution in [0.2, 0.25) is 0 Å². The van der Waals surface area contributed by atoms with Gasteiger partial charge in [-0.1, -0.05) is 0 Å². The molecule has 3 nitrogen and oxygen atoms in total. The molecule has 2 rings (SSSR count). The quantitative estimate of drug-likeness (QED) is 0.731. The zero-order chi connectivity index (χ0) is 11.4. The van der Waals surface area contributed by atoms with Crippen molar-refractivity contribution in [2.24, 2.45) is 5.92 Å². The Kier molecular flexibility index (Phi) is 4.36. The summed E-state index contributed by atoms with van der Waals surface area (Å²) in [6, 6.07) is 0. The van der Waals surface area contributed by atoms with E-state index in [-0.39, 0.29) is 0 Å². The zero-order valence-electron chi connectivity index (χ0n) is 10.3. The number of piperidine rings is 1. The van der Waals surface area contributed by atoms with E-state index in [2.05, 4.69) is 4.90 Å². The Labute approximate surface area is 98.1 Å². The molecule has 0 spiro atoms. The van der Waals surface area contributed by atoms with Crippen LogP contribution >= 0.6 is 0 Å². The van der Waals surface area contributed by atoms with Gasteiger partial charge in [-0.15, -0.1) is 0 Å². The number of ether oxygens (including phenoxy) is 1. The van der Waals surface area contributed by atoms with Gasteiger partial charge in [0, 0.05) is 32.5 Å². The fourth-order valence-electron chi connectivity index (χ4n) is 2.90. The van der Waals surface area contributed by atoms with Gasteiger partial charge in [-0.3, -0.25) is 4.79 Å². The first-order chi connectivity index (χ1) is 7.79. The number of carbonyl (C=O) groups is 1. The highest BCUT2D eigenvalue weighted by Gasteiger charge is 2.25. The third-order valence-electron chi connectivity index (χ3n) is 4.09. The van der Waals surface area contributed by atoms with Gasteiger partial charge in [0.25, 0.3) is 0 Å². The summed E-state index contributed by atoms with van der Waals surface area (Å²) in [4.78, 5) is 14.0. The molecule has 0 bridgehead atoms. The summed E-state index contributed by atoms with van der Waals surface area (Å²) in [6.45, 7) is 3.38. The van der Waals surface area contributed by atoms with Crippen molar-refractivity contribution in [2.75, 3.05) is 26.7 Å². The van der Waals surface area contributed by atoms with Crippen molar-refractivity contribution in [3.8, 4) is 0 Å². The van der Waals surface area contributed by atoms with Crippen molar-refractivity contribution in [1.82, 2.24) is 4.90 Å². The van der Waals surface area contributed by atoms with E-state index in [1.807, 2.05) is 0 Å². The molecule has 1 unspecified atom stereocenters. The maximum absolute atomic E-state index is 11.5. The number of methoxy groups -OCH3 is 1. The summed E-state index contributed by atoms with van der Waals surface area (Å²) in [5.74, 6) is 0.881. The second-order valence-electron chi connectivity index (χ2n) is 5.12. The van der Waals surface area contributed by atoms with E-state index < -0.39 is 0 Å². The maximum Gasteiger partial charge on any atom is 0.136 e. The molecule has 2 fully saturated rings. The normalized spacial score (nSPS) is 28.8. The van der Waals surface area contributed by atoms with Gasteiger partial charge in [0.15, 0.2) is 0 Å². The Morgan fingerprint density at radius 2 is 2.06 bits per heavy atom. The second kappa shape index (κ2) is 5.78. The van der Waals surface area contributed by atoms with Crippen molar-refractivity contribution < 1.29 is 9.53 Å². The third kappa shape index (κ3) is 3.05. The van der Waals surface area contributed by atoms with Crippen LogP contribution in [0.15, 0.2) is 0 Å². The van der Waals surface area contributed by atoms with Crippen LogP contribution in [0.4, 0.5) is 0 Å². The lowest BCUT2D eigenvalue weighted by Crippen LogP contribution is -2.37. The highest BCUT2D eigenvalue weighted by Crippen LogP contribution is 2.25. The Morgan fingerprint density at radius 1 is 1.31 bits per heavy atom. The molecule has 1 heterocycles. The summed E-state index contributed by atoms with van der Waals surface area (Å²) in [6.07, 6.45) is 6.92. The fourth-order valence-corrected chi connectivity index (χ4v) is 2.90. The van der Waals surface area contributed by atoms with Gasteiger partial charge < -0.3 is 9.64 Å². The minimum absolute atomic E-state index is 0.375. The number of rotatable bonds is 4. The molecule has 92 valence electrons. The Balaban J connectivity index is 1.65. The van der Waals surface area contributed by atoms with Crippen molar-refractivity contribution in [3.05, 3.63) is 0 Å². The average molecular weight is 225 g/mol. The predicted octanol–water partition coefficient (Wildman–Crippen LogP) is 1.86. The van der Waals surface area contributed by atoms with Gasteiger partial charge in [-0.25, -0.2) is 0 Å².